The second-order valence-electron chi connectivity index (χ2n) is 3.50. The Kier molecular flexibility index (Phi) is 2.15. The molecule has 0 saturated carbocycles. The van der Waals surface area contributed by atoms with Crippen molar-refractivity contribution in [1.29, 1.82) is 0 Å². The van der Waals surface area contributed by atoms with Crippen molar-refractivity contribution in [3.8, 4) is 5.69 Å². The van der Waals surface area contributed by atoms with Crippen molar-refractivity contribution < 1.29 is 0 Å². The standard InChI is InChI=1S/C11H9ClN4/c12-11-13-6-8-7-14-16(10(8)15-11)9-4-2-1-3-5-9/h1-5,7H,6H2,(H,13,15). The van der Waals surface area contributed by atoms with Crippen LogP contribution in [0, 0.1) is 0 Å². The van der Waals surface area contributed by atoms with Crippen LogP contribution in [0.2, 0.25) is 0 Å². The lowest BCUT2D eigenvalue weighted by molar-refractivity contribution is 0.887. The van der Waals surface area contributed by atoms with Crippen molar-refractivity contribution in [3.05, 3.63) is 42.1 Å². The minimum atomic E-state index is 0.408. The van der Waals surface area contributed by atoms with Gasteiger partial charge >= 0.3 is 0 Å². The van der Waals surface area contributed by atoms with E-state index in [-0.39, 0.29) is 0 Å². The number of fused-ring (bicyclic) bond motifs is 1. The van der Waals surface area contributed by atoms with E-state index >= 15 is 0 Å². The number of halogens is 1. The molecule has 0 radical (unpaired) electrons. The molecule has 5 heteroatoms. The van der Waals surface area contributed by atoms with Gasteiger partial charge in [-0.25, -0.2) is 4.68 Å². The molecule has 2 heterocycles. The number of rotatable bonds is 1. The third-order valence-corrected chi connectivity index (χ3v) is 2.67. The Morgan fingerprint density at radius 3 is 2.88 bits per heavy atom. The number of nitrogens with one attached hydrogen (secondary N) is 1. The highest BCUT2D eigenvalue weighted by molar-refractivity contribution is 6.67. The van der Waals surface area contributed by atoms with E-state index in [2.05, 4.69) is 15.4 Å². The van der Waals surface area contributed by atoms with Crippen LogP contribution in [0.15, 0.2) is 41.5 Å². The summed E-state index contributed by atoms with van der Waals surface area (Å²) in [5.74, 6) is 0.895. The van der Waals surface area contributed by atoms with Gasteiger partial charge in [-0.3, -0.25) is 4.99 Å². The molecule has 0 saturated heterocycles. The SMILES string of the molecule is ClC1=NCc2cnn(-c3ccccc3)c2N1. The zero-order valence-corrected chi connectivity index (χ0v) is 9.15. The lowest BCUT2D eigenvalue weighted by atomic mass is 10.3. The summed E-state index contributed by atoms with van der Waals surface area (Å²) in [7, 11) is 0. The predicted molar refractivity (Wildman–Crippen MR) is 64.2 cm³/mol. The number of para-hydroxylation sites is 1. The number of aromatic nitrogens is 2. The first kappa shape index (κ1) is 9.42. The summed E-state index contributed by atoms with van der Waals surface area (Å²) < 4.78 is 1.83. The van der Waals surface area contributed by atoms with Crippen LogP contribution in [-0.2, 0) is 6.54 Å². The van der Waals surface area contributed by atoms with Gasteiger partial charge in [0.2, 0.25) is 0 Å². The van der Waals surface area contributed by atoms with Crippen LogP contribution < -0.4 is 5.32 Å². The maximum absolute atomic E-state index is 5.86. The summed E-state index contributed by atoms with van der Waals surface area (Å²) in [6.07, 6.45) is 1.81. The molecular weight excluding hydrogens is 224 g/mol. The smallest absolute Gasteiger partial charge is 0.197 e. The van der Waals surface area contributed by atoms with Crippen molar-refractivity contribution >= 4 is 22.7 Å². The summed E-state index contributed by atoms with van der Waals surface area (Å²) in [6.45, 7) is 0.577. The van der Waals surface area contributed by atoms with Gasteiger partial charge in [0.25, 0.3) is 0 Å². The van der Waals surface area contributed by atoms with Crippen molar-refractivity contribution in [2.45, 2.75) is 6.54 Å². The minimum absolute atomic E-state index is 0.408. The summed E-state index contributed by atoms with van der Waals surface area (Å²) in [6, 6.07) is 9.91. The molecule has 0 fully saturated rings. The van der Waals surface area contributed by atoms with Crippen LogP contribution in [0.4, 0.5) is 5.82 Å². The fourth-order valence-electron chi connectivity index (χ4n) is 1.69. The molecule has 1 N–H and O–H groups in total. The van der Waals surface area contributed by atoms with Crippen LogP contribution in [0.25, 0.3) is 5.69 Å². The molecule has 4 nitrogen and oxygen atoms in total. The highest BCUT2D eigenvalue weighted by Gasteiger charge is 2.16. The number of hydrogen-bond donors (Lipinski definition) is 1. The molecule has 1 aliphatic heterocycles. The van der Waals surface area contributed by atoms with Gasteiger partial charge in [-0.2, -0.15) is 5.10 Å². The first-order chi connectivity index (χ1) is 7.84. The van der Waals surface area contributed by atoms with E-state index in [1.165, 1.54) is 0 Å². The molecule has 0 bridgehead atoms. The number of anilines is 1. The Morgan fingerprint density at radius 2 is 2.06 bits per heavy atom. The summed E-state index contributed by atoms with van der Waals surface area (Å²) in [5, 5.41) is 7.76. The second kappa shape index (κ2) is 3.64. The van der Waals surface area contributed by atoms with Gasteiger partial charge in [-0.1, -0.05) is 18.2 Å². The van der Waals surface area contributed by atoms with Crippen molar-refractivity contribution in [2.24, 2.45) is 4.99 Å². The minimum Gasteiger partial charge on any atom is -0.315 e. The quantitative estimate of drug-likeness (QED) is 0.768. The molecule has 80 valence electrons. The molecule has 16 heavy (non-hydrogen) atoms. The van der Waals surface area contributed by atoms with Gasteiger partial charge < -0.3 is 5.32 Å². The first-order valence-corrected chi connectivity index (χ1v) is 5.32. The largest absolute Gasteiger partial charge is 0.315 e. The van der Waals surface area contributed by atoms with E-state index < -0.39 is 0 Å². The first-order valence-electron chi connectivity index (χ1n) is 4.94. The van der Waals surface area contributed by atoms with Gasteiger partial charge in [-0.15, -0.1) is 0 Å². The fourth-order valence-corrected chi connectivity index (χ4v) is 1.84. The molecule has 1 aromatic carbocycles. The van der Waals surface area contributed by atoms with Crippen molar-refractivity contribution in [3.63, 3.8) is 0 Å². The fraction of sp³-hybridized carbons (Fsp3) is 0.0909. The third kappa shape index (κ3) is 1.47. The lowest BCUT2D eigenvalue weighted by Gasteiger charge is -2.13. The van der Waals surface area contributed by atoms with Crippen LogP contribution in [0.1, 0.15) is 5.56 Å². The molecule has 1 aliphatic rings. The van der Waals surface area contributed by atoms with Crippen LogP contribution in [0.3, 0.4) is 0 Å². The highest BCUT2D eigenvalue weighted by Crippen LogP contribution is 2.24. The number of hydrogen-bond acceptors (Lipinski definition) is 3. The zero-order chi connectivity index (χ0) is 11.0. The van der Waals surface area contributed by atoms with Gasteiger partial charge in [0.1, 0.15) is 5.82 Å². The average molecular weight is 233 g/mol. The topological polar surface area (TPSA) is 42.2 Å². The van der Waals surface area contributed by atoms with Crippen LogP contribution >= 0.6 is 11.6 Å². The van der Waals surface area contributed by atoms with E-state index in [1.54, 1.807) is 0 Å². The molecule has 1 aromatic heterocycles. The van der Waals surface area contributed by atoms with Crippen LogP contribution in [-0.4, -0.2) is 15.1 Å². The van der Waals surface area contributed by atoms with E-state index in [1.807, 2.05) is 41.2 Å². The predicted octanol–water partition coefficient (Wildman–Crippen LogP) is 2.39. The average Bonchev–Trinajstić information content (AvgIpc) is 2.73. The van der Waals surface area contributed by atoms with Crippen molar-refractivity contribution in [2.75, 3.05) is 5.32 Å². The Bertz CT molecular complexity index is 544. The lowest BCUT2D eigenvalue weighted by Crippen LogP contribution is -2.14. The van der Waals surface area contributed by atoms with Gasteiger partial charge in [0.05, 0.1) is 18.4 Å². The monoisotopic (exact) mass is 232 g/mol. The van der Waals surface area contributed by atoms with Gasteiger partial charge in [0.15, 0.2) is 5.29 Å². The Morgan fingerprint density at radius 1 is 1.25 bits per heavy atom. The van der Waals surface area contributed by atoms with E-state index in [0.29, 0.717) is 11.8 Å². The molecular formula is C11H9ClN4. The van der Waals surface area contributed by atoms with Crippen molar-refractivity contribution in [1.82, 2.24) is 9.78 Å². The van der Waals surface area contributed by atoms with E-state index in [0.717, 1.165) is 17.1 Å². The summed E-state index contributed by atoms with van der Waals surface area (Å²) in [5.41, 5.74) is 2.05. The number of nitrogens with zero attached hydrogens (tertiary/aromatic N) is 3. The molecule has 2 aromatic rings. The third-order valence-electron chi connectivity index (χ3n) is 2.46. The molecule has 3 rings (SSSR count). The van der Waals surface area contributed by atoms with Gasteiger partial charge in [-0.05, 0) is 23.7 Å². The molecule has 0 atom stereocenters. The summed E-state index contributed by atoms with van der Waals surface area (Å²) >= 11 is 5.86. The summed E-state index contributed by atoms with van der Waals surface area (Å²) in [4.78, 5) is 4.10. The number of amidine groups is 1. The maximum Gasteiger partial charge on any atom is 0.197 e. The Balaban J connectivity index is 2.09. The highest BCUT2D eigenvalue weighted by atomic mass is 35.5. The maximum atomic E-state index is 5.86. The number of benzene rings is 1. The normalized spacial score (nSPS) is 13.9. The Hall–Kier alpha value is -1.81. The Labute approximate surface area is 97.6 Å². The van der Waals surface area contributed by atoms with Crippen LogP contribution in [0.5, 0.6) is 0 Å². The molecule has 0 aliphatic carbocycles. The second-order valence-corrected chi connectivity index (χ2v) is 3.86. The molecule has 0 spiro atoms. The molecule has 0 amide bonds. The molecule has 0 unspecified atom stereocenters. The van der Waals surface area contributed by atoms with Gasteiger partial charge in [0, 0.05) is 5.56 Å². The number of aliphatic imine (C=N–C) groups is 1. The zero-order valence-electron chi connectivity index (χ0n) is 8.39. The van der Waals surface area contributed by atoms with E-state index in [9.17, 15) is 0 Å². The van der Waals surface area contributed by atoms with E-state index in [4.69, 9.17) is 11.6 Å².